The van der Waals surface area contributed by atoms with Gasteiger partial charge in [-0.1, -0.05) is 35.9 Å². The van der Waals surface area contributed by atoms with Crippen LogP contribution in [-0.4, -0.2) is 28.1 Å². The van der Waals surface area contributed by atoms with Crippen molar-refractivity contribution in [1.29, 1.82) is 0 Å². The molecule has 0 bridgehead atoms. The van der Waals surface area contributed by atoms with E-state index in [1.165, 1.54) is 5.56 Å². The minimum Gasteiger partial charge on any atom is -0.310 e. The van der Waals surface area contributed by atoms with Crippen molar-refractivity contribution in [3.63, 3.8) is 0 Å². The summed E-state index contributed by atoms with van der Waals surface area (Å²) in [6.45, 7) is 8.16. The number of hydrogen-bond donors (Lipinski definition) is 1. The standard InChI is InChI=1S/C24H21ClN4O2/c1-4-10-28-21-17(6-5-7-19(21)25)24(23(28)31)12-20(30)27-22-18(24)13-26-29(22)16-9-8-14(2)15(3)11-16/h4-9,11,13H,1,10,12H2,2-3H3,(H,27,30). The van der Waals surface area contributed by atoms with E-state index in [0.29, 0.717) is 28.6 Å². The van der Waals surface area contributed by atoms with Crippen molar-refractivity contribution in [1.82, 2.24) is 9.78 Å². The molecule has 6 nitrogen and oxygen atoms in total. The first-order valence-electron chi connectivity index (χ1n) is 10.1. The maximum absolute atomic E-state index is 13.8. The van der Waals surface area contributed by atoms with Crippen LogP contribution in [-0.2, 0) is 15.0 Å². The lowest BCUT2D eigenvalue weighted by Gasteiger charge is -2.32. The fraction of sp³-hybridized carbons (Fsp3) is 0.208. The fourth-order valence-electron chi connectivity index (χ4n) is 4.66. The Morgan fingerprint density at radius 2 is 2.00 bits per heavy atom. The topological polar surface area (TPSA) is 67.2 Å². The van der Waals surface area contributed by atoms with Gasteiger partial charge in [-0.3, -0.25) is 9.59 Å². The molecule has 1 unspecified atom stereocenters. The van der Waals surface area contributed by atoms with E-state index in [-0.39, 0.29) is 18.2 Å². The zero-order valence-electron chi connectivity index (χ0n) is 17.3. The number of nitrogens with one attached hydrogen (secondary N) is 1. The molecule has 1 N–H and O–H groups in total. The fourth-order valence-corrected chi connectivity index (χ4v) is 4.94. The third-order valence-electron chi connectivity index (χ3n) is 6.29. The number of nitrogens with zero attached hydrogens (tertiary/aromatic N) is 3. The highest BCUT2D eigenvalue weighted by Crippen LogP contribution is 2.54. The summed E-state index contributed by atoms with van der Waals surface area (Å²) >= 11 is 6.52. The molecule has 1 atom stereocenters. The highest BCUT2D eigenvalue weighted by Gasteiger charge is 2.57. The van der Waals surface area contributed by atoms with Gasteiger partial charge in [0.25, 0.3) is 0 Å². The molecular formula is C24H21ClN4O2. The van der Waals surface area contributed by atoms with Crippen LogP contribution < -0.4 is 10.2 Å². The number of benzene rings is 2. The van der Waals surface area contributed by atoms with Crippen molar-refractivity contribution in [2.24, 2.45) is 0 Å². The van der Waals surface area contributed by atoms with Crippen LogP contribution in [0.5, 0.6) is 0 Å². The molecule has 31 heavy (non-hydrogen) atoms. The molecule has 0 radical (unpaired) electrons. The molecular weight excluding hydrogens is 412 g/mol. The normalized spacial score (nSPS) is 19.4. The number of aryl methyl sites for hydroxylation is 2. The summed E-state index contributed by atoms with van der Waals surface area (Å²) in [5, 5.41) is 7.98. The predicted octanol–water partition coefficient (Wildman–Crippen LogP) is 4.30. The first kappa shape index (κ1) is 19.6. The van der Waals surface area contributed by atoms with E-state index in [2.05, 4.69) is 17.0 Å². The summed E-state index contributed by atoms with van der Waals surface area (Å²) < 4.78 is 1.69. The first-order valence-corrected chi connectivity index (χ1v) is 10.4. The molecule has 0 fully saturated rings. The Morgan fingerprint density at radius 3 is 2.74 bits per heavy atom. The lowest BCUT2D eigenvalue weighted by Crippen LogP contribution is -2.46. The van der Waals surface area contributed by atoms with Gasteiger partial charge < -0.3 is 10.2 Å². The van der Waals surface area contributed by atoms with Crippen LogP contribution in [0, 0.1) is 13.8 Å². The summed E-state index contributed by atoms with van der Waals surface area (Å²) in [5.74, 6) is 0.0864. The van der Waals surface area contributed by atoms with Crippen LogP contribution >= 0.6 is 11.6 Å². The summed E-state index contributed by atoms with van der Waals surface area (Å²) in [7, 11) is 0. The van der Waals surface area contributed by atoms with Gasteiger partial charge in [0.05, 0.1) is 22.6 Å². The quantitative estimate of drug-likeness (QED) is 0.627. The molecule has 0 saturated heterocycles. The molecule has 2 aliphatic rings. The lowest BCUT2D eigenvalue weighted by atomic mass is 9.72. The van der Waals surface area contributed by atoms with Gasteiger partial charge in [-0.15, -0.1) is 6.58 Å². The Kier molecular flexibility index (Phi) is 4.31. The number of carbonyl (C=O) groups excluding carboxylic acids is 2. The molecule has 3 heterocycles. The SMILES string of the molecule is C=CCN1C(=O)C2(CC(=O)Nc3c2cnn3-c2ccc(C)c(C)c2)c2cccc(Cl)c21. The Bertz CT molecular complexity index is 1280. The molecule has 2 amide bonds. The van der Waals surface area contributed by atoms with Crippen LogP contribution in [0.15, 0.2) is 55.3 Å². The number of amides is 2. The zero-order valence-corrected chi connectivity index (χ0v) is 18.0. The molecule has 2 aliphatic heterocycles. The minimum atomic E-state index is -1.17. The molecule has 1 spiro atoms. The van der Waals surface area contributed by atoms with Gasteiger partial charge in [0, 0.05) is 18.5 Å². The number of aromatic nitrogens is 2. The number of para-hydroxylation sites is 1. The van der Waals surface area contributed by atoms with E-state index in [4.69, 9.17) is 11.6 Å². The second-order valence-corrected chi connectivity index (χ2v) is 8.47. The van der Waals surface area contributed by atoms with Crippen molar-refractivity contribution in [3.05, 3.63) is 82.5 Å². The van der Waals surface area contributed by atoms with Crippen LogP contribution in [0.4, 0.5) is 11.5 Å². The van der Waals surface area contributed by atoms with Gasteiger partial charge in [-0.2, -0.15) is 5.10 Å². The molecule has 2 aromatic carbocycles. The lowest BCUT2D eigenvalue weighted by molar-refractivity contribution is -0.126. The molecule has 0 aliphatic carbocycles. The van der Waals surface area contributed by atoms with Crippen LogP contribution in [0.25, 0.3) is 5.69 Å². The Hall–Kier alpha value is -3.38. The Balaban J connectivity index is 1.77. The molecule has 3 aromatic rings. The highest BCUT2D eigenvalue weighted by molar-refractivity contribution is 6.35. The van der Waals surface area contributed by atoms with Crippen molar-refractivity contribution >= 4 is 34.9 Å². The number of carbonyl (C=O) groups is 2. The Morgan fingerprint density at radius 1 is 1.19 bits per heavy atom. The van der Waals surface area contributed by atoms with E-state index in [0.717, 1.165) is 16.8 Å². The molecule has 1 aromatic heterocycles. The van der Waals surface area contributed by atoms with Gasteiger partial charge >= 0.3 is 0 Å². The maximum Gasteiger partial charge on any atom is 0.243 e. The third kappa shape index (κ3) is 2.61. The number of fused-ring (bicyclic) bond motifs is 4. The molecule has 156 valence electrons. The van der Waals surface area contributed by atoms with E-state index in [1.807, 2.05) is 44.2 Å². The minimum absolute atomic E-state index is 0.00155. The summed E-state index contributed by atoms with van der Waals surface area (Å²) in [4.78, 5) is 28.4. The van der Waals surface area contributed by atoms with E-state index in [1.54, 1.807) is 27.9 Å². The highest BCUT2D eigenvalue weighted by atomic mass is 35.5. The van der Waals surface area contributed by atoms with Gasteiger partial charge in [-0.05, 0) is 48.7 Å². The van der Waals surface area contributed by atoms with Crippen molar-refractivity contribution in [3.8, 4) is 5.69 Å². The monoisotopic (exact) mass is 432 g/mol. The molecule has 7 heteroatoms. The van der Waals surface area contributed by atoms with Crippen LogP contribution in [0.1, 0.15) is 28.7 Å². The molecule has 5 rings (SSSR count). The van der Waals surface area contributed by atoms with Crippen molar-refractivity contribution < 1.29 is 9.59 Å². The summed E-state index contributed by atoms with van der Waals surface area (Å²) in [6, 6.07) is 11.4. The van der Waals surface area contributed by atoms with Crippen LogP contribution in [0.3, 0.4) is 0 Å². The van der Waals surface area contributed by atoms with Gasteiger partial charge in [0.15, 0.2) is 0 Å². The summed E-state index contributed by atoms with van der Waals surface area (Å²) in [6.07, 6.45) is 3.34. The summed E-state index contributed by atoms with van der Waals surface area (Å²) in [5.41, 5.74) is 3.96. The van der Waals surface area contributed by atoms with Crippen LogP contribution in [0.2, 0.25) is 5.02 Å². The van der Waals surface area contributed by atoms with Crippen molar-refractivity contribution in [2.45, 2.75) is 25.7 Å². The molecule has 0 saturated carbocycles. The van der Waals surface area contributed by atoms with E-state index in [9.17, 15) is 9.59 Å². The van der Waals surface area contributed by atoms with Crippen molar-refractivity contribution in [2.75, 3.05) is 16.8 Å². The average Bonchev–Trinajstić information content (AvgIpc) is 3.25. The van der Waals surface area contributed by atoms with Gasteiger partial charge in [-0.25, -0.2) is 4.68 Å². The predicted molar refractivity (Wildman–Crippen MR) is 121 cm³/mol. The second kappa shape index (κ2) is 6.82. The largest absolute Gasteiger partial charge is 0.310 e. The number of rotatable bonds is 3. The zero-order chi connectivity index (χ0) is 21.9. The second-order valence-electron chi connectivity index (χ2n) is 8.06. The van der Waals surface area contributed by atoms with E-state index >= 15 is 0 Å². The average molecular weight is 433 g/mol. The number of halogens is 1. The van der Waals surface area contributed by atoms with Gasteiger partial charge in [0.2, 0.25) is 11.8 Å². The number of anilines is 2. The first-order chi connectivity index (χ1) is 14.9. The smallest absolute Gasteiger partial charge is 0.243 e. The third-order valence-corrected chi connectivity index (χ3v) is 6.59. The van der Waals surface area contributed by atoms with Gasteiger partial charge in [0.1, 0.15) is 11.2 Å². The van der Waals surface area contributed by atoms with E-state index < -0.39 is 5.41 Å². The Labute approximate surface area is 185 Å². The number of hydrogen-bond acceptors (Lipinski definition) is 3. The maximum atomic E-state index is 13.8.